The van der Waals surface area contributed by atoms with Crippen LogP contribution in [0.5, 0.6) is 0 Å². The molecular weight excluding hydrogens is 462 g/mol. The van der Waals surface area contributed by atoms with E-state index in [0.29, 0.717) is 18.7 Å². The van der Waals surface area contributed by atoms with Crippen LogP contribution in [0.3, 0.4) is 0 Å². The molecule has 2 heterocycles. The van der Waals surface area contributed by atoms with E-state index in [1.807, 2.05) is 13.0 Å². The minimum Gasteiger partial charge on any atom is -0.456 e. The van der Waals surface area contributed by atoms with Gasteiger partial charge in [-0.25, -0.2) is 8.42 Å². The van der Waals surface area contributed by atoms with E-state index in [-0.39, 0.29) is 55.9 Å². The number of hydrogen-bond donors (Lipinski definition) is 1. The monoisotopic (exact) mass is 495 g/mol. The molecule has 34 heavy (non-hydrogen) atoms. The van der Waals surface area contributed by atoms with Crippen molar-refractivity contribution in [3.63, 3.8) is 0 Å². The van der Waals surface area contributed by atoms with E-state index in [9.17, 15) is 22.8 Å². The summed E-state index contributed by atoms with van der Waals surface area (Å²) in [6.45, 7) is 5.19. The highest BCUT2D eigenvalue weighted by atomic mass is 32.2. The number of nitrogens with zero attached hydrogens (tertiary/aromatic N) is 2. The lowest BCUT2D eigenvalue weighted by Gasteiger charge is -2.34. The van der Waals surface area contributed by atoms with E-state index < -0.39 is 28.5 Å². The Balaban J connectivity index is 1.37. The van der Waals surface area contributed by atoms with Crippen LogP contribution in [0.25, 0.3) is 0 Å². The van der Waals surface area contributed by atoms with Crippen molar-refractivity contribution in [1.29, 1.82) is 0 Å². The third kappa shape index (κ3) is 7.00. The summed E-state index contributed by atoms with van der Waals surface area (Å²) in [5.41, 5.74) is 1.55. The first-order valence-corrected chi connectivity index (χ1v) is 13.0. The van der Waals surface area contributed by atoms with Gasteiger partial charge in [-0.1, -0.05) is 12.1 Å². The Bertz CT molecular complexity index is 998. The van der Waals surface area contributed by atoms with Crippen molar-refractivity contribution in [3.8, 4) is 0 Å². The minimum atomic E-state index is -3.64. The van der Waals surface area contributed by atoms with E-state index in [1.54, 1.807) is 24.0 Å². The van der Waals surface area contributed by atoms with E-state index in [4.69, 9.17) is 9.47 Å². The standard InChI is InChI=1S/C23H33N3O7S/c1-17-5-6-18(2)20(14-17)34(30,31)26-11-9-25(10-12-26)22(28)7-8-23(29)33-16-21(27)24-15-19-4-3-13-32-19/h5-6,14,19H,3-4,7-13,15-16H2,1-2H3,(H,24,27). The largest absolute Gasteiger partial charge is 0.456 e. The molecule has 1 N–H and O–H groups in total. The smallest absolute Gasteiger partial charge is 0.306 e. The number of rotatable bonds is 9. The normalized spacial score (nSPS) is 19.1. The van der Waals surface area contributed by atoms with Crippen LogP contribution in [0.1, 0.15) is 36.8 Å². The fourth-order valence-corrected chi connectivity index (χ4v) is 5.70. The molecule has 1 aromatic carbocycles. The number of benzene rings is 1. The van der Waals surface area contributed by atoms with Gasteiger partial charge in [-0.05, 0) is 43.9 Å². The van der Waals surface area contributed by atoms with Crippen LogP contribution >= 0.6 is 0 Å². The average Bonchev–Trinajstić information content (AvgIpc) is 3.35. The lowest BCUT2D eigenvalue weighted by Crippen LogP contribution is -2.50. The number of hydrogen-bond acceptors (Lipinski definition) is 7. The topological polar surface area (TPSA) is 122 Å². The zero-order valence-corrected chi connectivity index (χ0v) is 20.6. The van der Waals surface area contributed by atoms with Gasteiger partial charge < -0.3 is 19.7 Å². The van der Waals surface area contributed by atoms with Crippen molar-refractivity contribution < 1.29 is 32.3 Å². The van der Waals surface area contributed by atoms with Crippen LogP contribution in [0.2, 0.25) is 0 Å². The zero-order valence-electron chi connectivity index (χ0n) is 19.7. The van der Waals surface area contributed by atoms with Gasteiger partial charge in [0.05, 0.1) is 17.4 Å². The molecule has 10 nitrogen and oxygen atoms in total. The van der Waals surface area contributed by atoms with E-state index >= 15 is 0 Å². The molecule has 0 aromatic heterocycles. The molecule has 11 heteroatoms. The summed E-state index contributed by atoms with van der Waals surface area (Å²) in [5, 5.41) is 2.66. The predicted molar refractivity (Wildman–Crippen MR) is 123 cm³/mol. The SMILES string of the molecule is Cc1ccc(C)c(S(=O)(=O)N2CCN(C(=O)CCC(=O)OCC(=O)NCC3CCCO3)CC2)c1. The van der Waals surface area contributed by atoms with E-state index in [2.05, 4.69) is 5.32 Å². The molecule has 2 fully saturated rings. The molecule has 2 aliphatic rings. The Morgan fingerprint density at radius 1 is 1.12 bits per heavy atom. The molecule has 0 radical (unpaired) electrons. The van der Waals surface area contributed by atoms with Crippen molar-refractivity contribution in [2.75, 3.05) is 45.9 Å². The maximum absolute atomic E-state index is 13.0. The molecule has 1 aromatic rings. The number of carbonyl (C=O) groups excluding carboxylic acids is 3. The van der Waals surface area contributed by atoms with Gasteiger partial charge in [-0.15, -0.1) is 0 Å². The molecule has 1 atom stereocenters. The summed E-state index contributed by atoms with van der Waals surface area (Å²) < 4.78 is 37.8. The summed E-state index contributed by atoms with van der Waals surface area (Å²) in [6.07, 6.45) is 1.68. The predicted octanol–water partition coefficient (Wildman–Crippen LogP) is 0.755. The van der Waals surface area contributed by atoms with Crippen LogP contribution < -0.4 is 5.32 Å². The minimum absolute atomic E-state index is 0.00793. The van der Waals surface area contributed by atoms with Crippen LogP contribution in [0.4, 0.5) is 0 Å². The first-order valence-electron chi connectivity index (χ1n) is 11.6. The summed E-state index contributed by atoms with van der Waals surface area (Å²) in [6, 6.07) is 5.32. The van der Waals surface area contributed by atoms with Gasteiger partial charge in [0.2, 0.25) is 15.9 Å². The highest BCUT2D eigenvalue weighted by Crippen LogP contribution is 2.22. The van der Waals surface area contributed by atoms with Crippen LogP contribution in [0.15, 0.2) is 23.1 Å². The lowest BCUT2D eigenvalue weighted by atomic mass is 10.2. The molecule has 2 aliphatic heterocycles. The number of ether oxygens (including phenoxy) is 2. The highest BCUT2D eigenvalue weighted by Gasteiger charge is 2.31. The molecule has 0 saturated carbocycles. The quantitative estimate of drug-likeness (QED) is 0.502. The Morgan fingerprint density at radius 3 is 2.53 bits per heavy atom. The Labute approximate surface area is 200 Å². The molecule has 3 rings (SSSR count). The number of amides is 2. The maximum atomic E-state index is 13.0. The second-order valence-electron chi connectivity index (χ2n) is 8.65. The molecule has 0 spiro atoms. The number of nitrogens with one attached hydrogen (secondary N) is 1. The van der Waals surface area contributed by atoms with Gasteiger partial charge >= 0.3 is 5.97 Å². The van der Waals surface area contributed by atoms with Crippen molar-refractivity contribution in [1.82, 2.24) is 14.5 Å². The Morgan fingerprint density at radius 2 is 1.85 bits per heavy atom. The number of esters is 1. The van der Waals surface area contributed by atoms with Gasteiger partial charge in [0.25, 0.3) is 5.91 Å². The van der Waals surface area contributed by atoms with Gasteiger partial charge in [0.15, 0.2) is 6.61 Å². The maximum Gasteiger partial charge on any atom is 0.306 e. The average molecular weight is 496 g/mol. The van der Waals surface area contributed by atoms with Gasteiger partial charge in [0, 0.05) is 45.8 Å². The van der Waals surface area contributed by atoms with E-state index in [1.165, 1.54) is 4.31 Å². The number of piperazine rings is 1. The van der Waals surface area contributed by atoms with Crippen molar-refractivity contribution in [3.05, 3.63) is 29.3 Å². The van der Waals surface area contributed by atoms with Crippen molar-refractivity contribution in [2.45, 2.75) is 50.5 Å². The highest BCUT2D eigenvalue weighted by molar-refractivity contribution is 7.89. The molecule has 0 bridgehead atoms. The van der Waals surface area contributed by atoms with Crippen LogP contribution in [-0.4, -0.2) is 87.4 Å². The number of sulfonamides is 1. The Kier molecular flexibility index (Phi) is 9.03. The molecule has 188 valence electrons. The third-order valence-electron chi connectivity index (χ3n) is 6.01. The number of carbonyl (C=O) groups is 3. The molecule has 2 amide bonds. The van der Waals surface area contributed by atoms with Crippen LogP contribution in [0, 0.1) is 13.8 Å². The summed E-state index contributed by atoms with van der Waals surface area (Å²) in [7, 11) is -3.64. The van der Waals surface area contributed by atoms with Crippen molar-refractivity contribution in [2.24, 2.45) is 0 Å². The second-order valence-corrected chi connectivity index (χ2v) is 10.6. The van der Waals surface area contributed by atoms with Gasteiger partial charge in [0.1, 0.15) is 0 Å². The lowest BCUT2D eigenvalue weighted by molar-refractivity contribution is -0.150. The third-order valence-corrected chi connectivity index (χ3v) is 8.05. The van der Waals surface area contributed by atoms with E-state index in [0.717, 1.165) is 18.4 Å². The number of aryl methyl sites for hydroxylation is 2. The van der Waals surface area contributed by atoms with Gasteiger partial charge in [-0.2, -0.15) is 4.31 Å². The Hall–Kier alpha value is -2.50. The van der Waals surface area contributed by atoms with Crippen LogP contribution in [-0.2, 0) is 33.9 Å². The first-order chi connectivity index (χ1) is 16.2. The fourth-order valence-electron chi connectivity index (χ4n) is 3.97. The first kappa shape index (κ1) is 26.1. The second kappa shape index (κ2) is 11.8. The summed E-state index contributed by atoms with van der Waals surface area (Å²) in [4.78, 5) is 38.0. The molecule has 0 aliphatic carbocycles. The molecule has 2 saturated heterocycles. The molecular formula is C23H33N3O7S. The van der Waals surface area contributed by atoms with Crippen molar-refractivity contribution >= 4 is 27.8 Å². The fraction of sp³-hybridized carbons (Fsp3) is 0.609. The summed E-state index contributed by atoms with van der Waals surface area (Å²) in [5.74, 6) is -1.28. The zero-order chi connectivity index (χ0) is 24.7. The van der Waals surface area contributed by atoms with Gasteiger partial charge in [-0.3, -0.25) is 14.4 Å². The molecule has 1 unspecified atom stereocenters. The summed E-state index contributed by atoms with van der Waals surface area (Å²) >= 11 is 0.